The van der Waals surface area contributed by atoms with Gasteiger partial charge in [0.2, 0.25) is 0 Å². The molecule has 2 aromatic carbocycles. The standard InChI is InChI=1S/C20H23FN4O2/c21-17-8-4-5-9-18(17)22-20(27)23-19(26)15-25-12-10-24(11-13-25)14-16-6-2-1-3-7-16/h1-9H,10-15H2,(H2,22,23,26,27)/p+2. The summed E-state index contributed by atoms with van der Waals surface area (Å²) in [4.78, 5) is 26.6. The number of halogens is 1. The van der Waals surface area contributed by atoms with Crippen molar-refractivity contribution >= 4 is 17.6 Å². The summed E-state index contributed by atoms with van der Waals surface area (Å²) in [5.41, 5.74) is 1.37. The van der Waals surface area contributed by atoms with Crippen molar-refractivity contribution in [1.82, 2.24) is 5.32 Å². The molecule has 0 spiro atoms. The van der Waals surface area contributed by atoms with E-state index in [0.29, 0.717) is 0 Å². The molecule has 142 valence electrons. The highest BCUT2D eigenvalue weighted by molar-refractivity contribution is 6.01. The Morgan fingerprint density at radius 3 is 2.22 bits per heavy atom. The van der Waals surface area contributed by atoms with Gasteiger partial charge < -0.3 is 15.1 Å². The van der Waals surface area contributed by atoms with Crippen molar-refractivity contribution in [1.29, 1.82) is 0 Å². The Bertz CT molecular complexity index is 777. The number of para-hydroxylation sites is 1. The second-order valence-corrected chi connectivity index (χ2v) is 6.82. The number of carbonyl (C=O) groups excluding carboxylic acids is 2. The van der Waals surface area contributed by atoms with E-state index in [1.54, 1.807) is 6.07 Å². The summed E-state index contributed by atoms with van der Waals surface area (Å²) in [6.45, 7) is 4.96. The maximum atomic E-state index is 13.5. The number of benzene rings is 2. The van der Waals surface area contributed by atoms with Crippen molar-refractivity contribution < 1.29 is 23.8 Å². The van der Waals surface area contributed by atoms with Gasteiger partial charge in [0.25, 0.3) is 5.91 Å². The van der Waals surface area contributed by atoms with Crippen molar-refractivity contribution in [2.45, 2.75) is 6.54 Å². The second-order valence-electron chi connectivity index (χ2n) is 6.82. The van der Waals surface area contributed by atoms with Crippen LogP contribution in [0, 0.1) is 5.82 Å². The van der Waals surface area contributed by atoms with Crippen LogP contribution >= 0.6 is 0 Å². The summed E-state index contributed by atoms with van der Waals surface area (Å²) < 4.78 is 13.5. The first-order valence-corrected chi connectivity index (χ1v) is 9.16. The molecule has 27 heavy (non-hydrogen) atoms. The van der Waals surface area contributed by atoms with Crippen LogP contribution in [0.3, 0.4) is 0 Å². The van der Waals surface area contributed by atoms with Crippen molar-refractivity contribution in [3.63, 3.8) is 0 Å². The number of hydrogen-bond acceptors (Lipinski definition) is 2. The van der Waals surface area contributed by atoms with E-state index < -0.39 is 11.8 Å². The lowest BCUT2D eigenvalue weighted by Crippen LogP contribution is -3.28. The first kappa shape index (κ1) is 19.0. The molecule has 1 heterocycles. The second kappa shape index (κ2) is 9.25. The number of quaternary nitrogens is 2. The molecule has 0 saturated carbocycles. The lowest BCUT2D eigenvalue weighted by Gasteiger charge is -2.29. The number of rotatable bonds is 5. The van der Waals surface area contributed by atoms with E-state index in [4.69, 9.17) is 0 Å². The van der Waals surface area contributed by atoms with Crippen molar-refractivity contribution in [3.05, 3.63) is 66.0 Å². The van der Waals surface area contributed by atoms with E-state index >= 15 is 0 Å². The normalized spacial score (nSPS) is 19.3. The van der Waals surface area contributed by atoms with Gasteiger partial charge in [0.05, 0.1) is 5.69 Å². The van der Waals surface area contributed by atoms with Crippen molar-refractivity contribution in [2.24, 2.45) is 0 Å². The molecule has 7 heteroatoms. The minimum absolute atomic E-state index is 0.0493. The van der Waals surface area contributed by atoms with Crippen LogP contribution in [0.4, 0.5) is 14.9 Å². The highest BCUT2D eigenvalue weighted by Crippen LogP contribution is 2.11. The van der Waals surface area contributed by atoms with Crippen LogP contribution in [-0.2, 0) is 11.3 Å². The molecular formula is C20H25FN4O2+2. The Kier molecular flexibility index (Phi) is 6.51. The van der Waals surface area contributed by atoms with Gasteiger partial charge >= 0.3 is 6.03 Å². The third-order valence-corrected chi connectivity index (χ3v) is 4.75. The molecule has 1 aliphatic heterocycles. The molecule has 0 unspecified atom stereocenters. The number of carbonyl (C=O) groups is 2. The fraction of sp³-hybridized carbons (Fsp3) is 0.300. The van der Waals surface area contributed by atoms with Crippen LogP contribution in [-0.4, -0.2) is 44.7 Å². The predicted molar refractivity (Wildman–Crippen MR) is 100.0 cm³/mol. The molecule has 0 aliphatic carbocycles. The summed E-state index contributed by atoms with van der Waals surface area (Å²) in [6, 6.07) is 15.5. The van der Waals surface area contributed by atoms with Crippen LogP contribution in [0.25, 0.3) is 0 Å². The molecule has 0 bridgehead atoms. The maximum absolute atomic E-state index is 13.5. The average molecular weight is 372 g/mol. The monoisotopic (exact) mass is 372 g/mol. The topological polar surface area (TPSA) is 67.1 Å². The Balaban J connectivity index is 1.39. The summed E-state index contributed by atoms with van der Waals surface area (Å²) >= 11 is 0. The largest absolute Gasteiger partial charge is 0.326 e. The molecule has 0 aromatic heterocycles. The molecule has 4 N–H and O–H groups in total. The first-order valence-electron chi connectivity index (χ1n) is 9.16. The van der Waals surface area contributed by atoms with Crippen LogP contribution in [0.2, 0.25) is 0 Å². The van der Waals surface area contributed by atoms with Gasteiger partial charge in [-0.25, -0.2) is 9.18 Å². The molecule has 3 amide bonds. The van der Waals surface area contributed by atoms with Gasteiger partial charge in [-0.1, -0.05) is 42.5 Å². The smallest absolute Gasteiger partial charge is 0.322 e. The van der Waals surface area contributed by atoms with E-state index in [0.717, 1.165) is 37.6 Å². The number of urea groups is 1. The van der Waals surface area contributed by atoms with E-state index in [2.05, 4.69) is 22.8 Å². The number of amides is 3. The maximum Gasteiger partial charge on any atom is 0.326 e. The van der Waals surface area contributed by atoms with Gasteiger partial charge in [0, 0.05) is 5.56 Å². The minimum Gasteiger partial charge on any atom is -0.322 e. The number of nitrogens with one attached hydrogen (secondary N) is 4. The molecule has 0 radical (unpaired) electrons. The Labute approximate surface area is 158 Å². The van der Waals surface area contributed by atoms with Gasteiger partial charge in [-0.15, -0.1) is 0 Å². The number of piperazine rings is 1. The summed E-state index contributed by atoms with van der Waals surface area (Å²) in [6.07, 6.45) is 0. The highest BCUT2D eigenvalue weighted by atomic mass is 19.1. The lowest BCUT2D eigenvalue weighted by molar-refractivity contribution is -1.02. The molecule has 2 aromatic rings. The van der Waals surface area contributed by atoms with E-state index in [1.807, 2.05) is 18.2 Å². The summed E-state index contributed by atoms with van der Waals surface area (Å²) in [7, 11) is 0. The van der Waals surface area contributed by atoms with Gasteiger partial charge in [0.1, 0.15) is 38.5 Å². The highest BCUT2D eigenvalue weighted by Gasteiger charge is 2.25. The van der Waals surface area contributed by atoms with Crippen LogP contribution in [0.5, 0.6) is 0 Å². The Morgan fingerprint density at radius 1 is 0.889 bits per heavy atom. The van der Waals surface area contributed by atoms with Crippen molar-refractivity contribution in [3.8, 4) is 0 Å². The fourth-order valence-electron chi connectivity index (χ4n) is 3.31. The molecule has 6 nitrogen and oxygen atoms in total. The van der Waals surface area contributed by atoms with Crippen molar-refractivity contribution in [2.75, 3.05) is 38.0 Å². The zero-order chi connectivity index (χ0) is 19.1. The number of imide groups is 1. The zero-order valence-corrected chi connectivity index (χ0v) is 15.1. The number of hydrogen-bond donors (Lipinski definition) is 4. The molecule has 3 rings (SSSR count). The fourth-order valence-corrected chi connectivity index (χ4v) is 3.31. The van der Waals surface area contributed by atoms with Gasteiger partial charge in [-0.05, 0) is 12.1 Å². The Hall–Kier alpha value is -2.77. The molecular weight excluding hydrogens is 347 g/mol. The molecule has 0 atom stereocenters. The SMILES string of the molecule is O=C(C[NH+]1CC[NH+](Cc2ccccc2)CC1)NC(=O)Nc1ccccc1F. The lowest BCUT2D eigenvalue weighted by atomic mass is 10.2. The first-order chi connectivity index (χ1) is 13.1. The van der Waals surface area contributed by atoms with Gasteiger partial charge in [-0.2, -0.15) is 0 Å². The zero-order valence-electron chi connectivity index (χ0n) is 15.1. The predicted octanol–water partition coefficient (Wildman–Crippen LogP) is -0.543. The van der Waals surface area contributed by atoms with E-state index in [-0.39, 0.29) is 18.1 Å². The van der Waals surface area contributed by atoms with E-state index in [9.17, 15) is 14.0 Å². The quantitative estimate of drug-likeness (QED) is 0.570. The minimum atomic E-state index is -0.710. The van der Waals surface area contributed by atoms with Gasteiger partial charge in [-0.3, -0.25) is 10.1 Å². The summed E-state index contributed by atoms with van der Waals surface area (Å²) in [5.74, 6) is -0.895. The molecule has 1 fully saturated rings. The van der Waals surface area contributed by atoms with E-state index in [1.165, 1.54) is 28.7 Å². The van der Waals surface area contributed by atoms with Crippen LogP contribution < -0.4 is 20.4 Å². The van der Waals surface area contributed by atoms with Crippen LogP contribution in [0.1, 0.15) is 5.56 Å². The molecule has 1 aliphatic rings. The third-order valence-electron chi connectivity index (χ3n) is 4.75. The summed E-state index contributed by atoms with van der Waals surface area (Å²) in [5, 5.41) is 4.62. The Morgan fingerprint density at radius 2 is 1.52 bits per heavy atom. The average Bonchev–Trinajstić information content (AvgIpc) is 2.66. The van der Waals surface area contributed by atoms with Crippen LogP contribution in [0.15, 0.2) is 54.6 Å². The number of anilines is 1. The third kappa shape index (κ3) is 5.87. The molecule has 1 saturated heterocycles. The van der Waals surface area contributed by atoms with Gasteiger partial charge in [0.15, 0.2) is 6.54 Å².